The van der Waals surface area contributed by atoms with Gasteiger partial charge in [-0.05, 0) is 19.1 Å². The van der Waals surface area contributed by atoms with E-state index in [9.17, 15) is 9.59 Å². The molecule has 0 aliphatic rings. The minimum atomic E-state index is -0.743. The molecular formula is C12H15NO4. The molecule has 5 heteroatoms. The highest BCUT2D eigenvalue weighted by molar-refractivity contribution is 5.94. The van der Waals surface area contributed by atoms with Gasteiger partial charge in [0.05, 0.1) is 12.5 Å². The molecule has 0 saturated heterocycles. The molecule has 1 aromatic carbocycles. The smallest absolute Gasteiger partial charge is 0.310 e. The van der Waals surface area contributed by atoms with Gasteiger partial charge in [0, 0.05) is 5.56 Å². The standard InChI is InChI=1S/C12H15NO4/c1-9(14)7-11(15)17-8-13-12(16)10-5-3-2-4-6-10/h2-6,9,14H,7-8H2,1H3,(H,13,16). The van der Waals surface area contributed by atoms with Gasteiger partial charge >= 0.3 is 5.97 Å². The Morgan fingerprint density at radius 1 is 1.35 bits per heavy atom. The van der Waals surface area contributed by atoms with Crippen molar-refractivity contribution in [1.82, 2.24) is 5.32 Å². The lowest BCUT2D eigenvalue weighted by Gasteiger charge is -2.07. The molecule has 0 aliphatic heterocycles. The second-order valence-electron chi connectivity index (χ2n) is 3.59. The minimum absolute atomic E-state index is 0.0821. The van der Waals surface area contributed by atoms with Gasteiger partial charge < -0.3 is 15.2 Å². The van der Waals surface area contributed by atoms with Crippen LogP contribution < -0.4 is 5.32 Å². The summed E-state index contributed by atoms with van der Waals surface area (Å²) in [5.74, 6) is -0.858. The summed E-state index contributed by atoms with van der Waals surface area (Å²) in [4.78, 5) is 22.5. The van der Waals surface area contributed by atoms with Crippen LogP contribution >= 0.6 is 0 Å². The quantitative estimate of drug-likeness (QED) is 0.583. The number of nitrogens with one attached hydrogen (secondary N) is 1. The van der Waals surface area contributed by atoms with Gasteiger partial charge in [0.2, 0.25) is 0 Å². The number of rotatable bonds is 5. The van der Waals surface area contributed by atoms with Crippen molar-refractivity contribution >= 4 is 11.9 Å². The van der Waals surface area contributed by atoms with Crippen molar-refractivity contribution in [2.45, 2.75) is 19.4 Å². The fourth-order valence-corrected chi connectivity index (χ4v) is 1.17. The lowest BCUT2D eigenvalue weighted by atomic mass is 10.2. The molecule has 0 fully saturated rings. The highest BCUT2D eigenvalue weighted by Crippen LogP contribution is 1.98. The first-order valence-corrected chi connectivity index (χ1v) is 5.26. The third-order valence-corrected chi connectivity index (χ3v) is 1.96. The molecule has 5 nitrogen and oxygen atoms in total. The van der Waals surface area contributed by atoms with E-state index in [-0.39, 0.29) is 19.1 Å². The predicted octanol–water partition coefficient (Wildman–Crippen LogP) is 0.688. The van der Waals surface area contributed by atoms with Gasteiger partial charge in [-0.2, -0.15) is 0 Å². The zero-order valence-corrected chi connectivity index (χ0v) is 9.55. The Labute approximate surface area is 99.4 Å². The van der Waals surface area contributed by atoms with Gasteiger partial charge in [-0.25, -0.2) is 0 Å². The van der Waals surface area contributed by atoms with Gasteiger partial charge in [-0.3, -0.25) is 9.59 Å². The van der Waals surface area contributed by atoms with Gasteiger partial charge in [-0.15, -0.1) is 0 Å². The Balaban J connectivity index is 2.28. The fraction of sp³-hybridized carbons (Fsp3) is 0.333. The number of carbonyl (C=O) groups excluding carboxylic acids is 2. The number of ether oxygens (including phenoxy) is 1. The first kappa shape index (κ1) is 13.2. The number of hydrogen-bond donors (Lipinski definition) is 2. The summed E-state index contributed by atoms with van der Waals surface area (Å²) in [6, 6.07) is 8.61. The van der Waals surface area contributed by atoms with Crippen molar-refractivity contribution in [1.29, 1.82) is 0 Å². The van der Waals surface area contributed by atoms with Gasteiger partial charge in [0.25, 0.3) is 5.91 Å². The summed E-state index contributed by atoms with van der Waals surface area (Å²) < 4.78 is 4.71. The lowest BCUT2D eigenvalue weighted by Crippen LogP contribution is -2.28. The molecule has 0 bridgehead atoms. The van der Waals surface area contributed by atoms with E-state index >= 15 is 0 Å². The molecule has 0 heterocycles. The van der Waals surface area contributed by atoms with Crippen LogP contribution in [-0.2, 0) is 9.53 Å². The maximum atomic E-state index is 11.5. The van der Waals surface area contributed by atoms with Crippen molar-refractivity contribution in [2.75, 3.05) is 6.73 Å². The predicted molar refractivity (Wildman–Crippen MR) is 61.2 cm³/mol. The van der Waals surface area contributed by atoms with Crippen LogP contribution in [0.15, 0.2) is 30.3 Å². The Hall–Kier alpha value is -1.88. The van der Waals surface area contributed by atoms with E-state index in [4.69, 9.17) is 9.84 Å². The molecule has 0 spiro atoms. The maximum Gasteiger partial charge on any atom is 0.310 e. The van der Waals surface area contributed by atoms with E-state index < -0.39 is 12.1 Å². The summed E-state index contributed by atoms with van der Waals surface area (Å²) in [6.45, 7) is 1.29. The summed E-state index contributed by atoms with van der Waals surface area (Å²) in [7, 11) is 0. The van der Waals surface area contributed by atoms with Crippen LogP contribution in [0.1, 0.15) is 23.7 Å². The van der Waals surface area contributed by atoms with Crippen LogP contribution in [0.25, 0.3) is 0 Å². The van der Waals surface area contributed by atoms with E-state index in [1.807, 2.05) is 0 Å². The van der Waals surface area contributed by atoms with Crippen molar-refractivity contribution in [3.05, 3.63) is 35.9 Å². The molecule has 1 atom stereocenters. The number of hydrogen-bond acceptors (Lipinski definition) is 4. The number of aliphatic hydroxyl groups is 1. The van der Waals surface area contributed by atoms with Crippen LogP contribution in [0.4, 0.5) is 0 Å². The molecule has 92 valence electrons. The second kappa shape index (κ2) is 6.65. The Bertz CT molecular complexity index is 375. The molecule has 0 saturated carbocycles. The molecule has 1 aromatic rings. The fourth-order valence-electron chi connectivity index (χ4n) is 1.17. The van der Waals surface area contributed by atoms with Crippen molar-refractivity contribution in [2.24, 2.45) is 0 Å². The van der Waals surface area contributed by atoms with Crippen LogP contribution in [0.5, 0.6) is 0 Å². The van der Waals surface area contributed by atoms with E-state index in [0.717, 1.165) is 0 Å². The number of amides is 1. The van der Waals surface area contributed by atoms with E-state index in [2.05, 4.69) is 5.32 Å². The molecule has 0 aliphatic carbocycles. The van der Waals surface area contributed by atoms with Gasteiger partial charge in [0.1, 0.15) is 0 Å². The molecule has 2 N–H and O–H groups in total. The molecule has 0 radical (unpaired) electrons. The molecular weight excluding hydrogens is 222 g/mol. The second-order valence-corrected chi connectivity index (χ2v) is 3.59. The Kier molecular flexibility index (Phi) is 5.16. The average Bonchev–Trinajstić information content (AvgIpc) is 2.29. The van der Waals surface area contributed by atoms with E-state index in [1.165, 1.54) is 6.92 Å². The maximum absolute atomic E-state index is 11.5. The van der Waals surface area contributed by atoms with Crippen LogP contribution in [0.2, 0.25) is 0 Å². The summed E-state index contributed by atoms with van der Waals surface area (Å²) in [5.41, 5.74) is 0.499. The number of benzene rings is 1. The number of aliphatic hydroxyl groups excluding tert-OH is 1. The van der Waals surface area contributed by atoms with Gasteiger partial charge in [-0.1, -0.05) is 18.2 Å². The highest BCUT2D eigenvalue weighted by atomic mass is 16.5. The molecule has 17 heavy (non-hydrogen) atoms. The van der Waals surface area contributed by atoms with Crippen molar-refractivity contribution in [3.63, 3.8) is 0 Å². The molecule has 0 aromatic heterocycles. The molecule has 1 rings (SSSR count). The highest BCUT2D eigenvalue weighted by Gasteiger charge is 2.08. The third-order valence-electron chi connectivity index (χ3n) is 1.96. The minimum Gasteiger partial charge on any atom is -0.444 e. The Morgan fingerprint density at radius 3 is 2.59 bits per heavy atom. The first-order valence-electron chi connectivity index (χ1n) is 5.26. The molecule has 1 unspecified atom stereocenters. The topological polar surface area (TPSA) is 75.6 Å². The normalized spacial score (nSPS) is 11.6. The monoisotopic (exact) mass is 237 g/mol. The first-order chi connectivity index (χ1) is 8.09. The zero-order chi connectivity index (χ0) is 12.7. The summed E-state index contributed by atoms with van der Waals surface area (Å²) >= 11 is 0. The Morgan fingerprint density at radius 2 is 2.00 bits per heavy atom. The van der Waals surface area contributed by atoms with Crippen LogP contribution in [-0.4, -0.2) is 29.8 Å². The van der Waals surface area contributed by atoms with E-state index in [1.54, 1.807) is 30.3 Å². The number of esters is 1. The van der Waals surface area contributed by atoms with Crippen molar-refractivity contribution in [3.8, 4) is 0 Å². The average molecular weight is 237 g/mol. The SMILES string of the molecule is CC(O)CC(=O)OCNC(=O)c1ccccc1. The zero-order valence-electron chi connectivity index (χ0n) is 9.55. The summed E-state index contributed by atoms with van der Waals surface area (Å²) in [5, 5.41) is 11.4. The lowest BCUT2D eigenvalue weighted by molar-refractivity contribution is -0.146. The summed E-state index contributed by atoms with van der Waals surface area (Å²) in [6.07, 6.45) is -0.825. The van der Waals surface area contributed by atoms with Gasteiger partial charge in [0.15, 0.2) is 6.73 Å². The molecule has 1 amide bonds. The van der Waals surface area contributed by atoms with Crippen LogP contribution in [0.3, 0.4) is 0 Å². The largest absolute Gasteiger partial charge is 0.444 e. The van der Waals surface area contributed by atoms with E-state index in [0.29, 0.717) is 5.56 Å². The third kappa shape index (κ3) is 5.12. The van der Waals surface area contributed by atoms with Crippen LogP contribution in [0, 0.1) is 0 Å². The van der Waals surface area contributed by atoms with Crippen molar-refractivity contribution < 1.29 is 19.4 Å². The number of carbonyl (C=O) groups is 2.